The maximum Gasteiger partial charge on any atom is 0.164 e. The van der Waals surface area contributed by atoms with Gasteiger partial charge in [-0.25, -0.2) is 15.0 Å². The van der Waals surface area contributed by atoms with Gasteiger partial charge in [-0.15, -0.1) is 148 Å². The van der Waals surface area contributed by atoms with E-state index < -0.39 is 18.1 Å². The summed E-state index contributed by atoms with van der Waals surface area (Å²) in [5, 5.41) is 8.19. The summed E-state index contributed by atoms with van der Waals surface area (Å²) in [6.07, 6.45) is 0. The number of para-hydroxylation sites is 1. The number of hydrogen-bond acceptors (Lipinski definition) is 7. The molecule has 15 unspecified atom stereocenters. The van der Waals surface area contributed by atoms with E-state index in [1.165, 1.54) is 30.9 Å². The lowest BCUT2D eigenvalue weighted by Gasteiger charge is -2.50. The third-order valence-corrected chi connectivity index (χ3v) is 183. The van der Waals surface area contributed by atoms with Gasteiger partial charge in [0.05, 0.1) is 6.85 Å². The summed E-state index contributed by atoms with van der Waals surface area (Å²) in [6.45, 7) is 0.206. The van der Waals surface area contributed by atoms with Crippen LogP contribution in [0.25, 0.3) is 141 Å². The van der Waals surface area contributed by atoms with Crippen LogP contribution >= 0.6 is 232 Å². The van der Waals surface area contributed by atoms with Gasteiger partial charge >= 0.3 is 0 Å². The number of fused-ring (bicyclic) bond motifs is 12. The van der Waals surface area contributed by atoms with E-state index in [1.807, 2.05) is 60.7 Å². The van der Waals surface area contributed by atoms with Crippen LogP contribution in [-0.4, -0.2) is 15.0 Å². The lowest BCUT2D eigenvalue weighted by Crippen LogP contribution is -2.00. The lowest BCUT2D eigenvalue weighted by atomic mass is 9.96. The van der Waals surface area contributed by atoms with E-state index in [0.717, 1.165) is 58.8 Å². The van der Waals surface area contributed by atoms with Crippen molar-refractivity contribution in [3.63, 3.8) is 0 Å². The second kappa shape index (κ2) is 31.8. The molecule has 0 amide bonds. The Bertz CT molecular complexity index is 5090. The molecule has 14 aromatic rings. The molecule has 0 spiro atoms. The van der Waals surface area contributed by atoms with Gasteiger partial charge in [-0.2, -0.15) is 0 Å². The van der Waals surface area contributed by atoms with Crippen LogP contribution in [0.3, 0.4) is 0 Å². The molecule has 0 N–H and O–H groups in total. The molecule has 15 atom stereocenters. The van der Waals surface area contributed by atoms with Crippen LogP contribution in [0.15, 0.2) is 197 Å². The number of benzene rings is 9. The monoisotopic (exact) mass is 1690 g/mol. The standard InChI is InChI=1S/C57H31N3O2S2.H28P26/c1-2-11-32(12-3-1)37-16-8-17-42-52-36(15-9-20-47(52)62-54(37)42)33-25-28-45-44(29-33)53-43(18-10-19-46(53)61-45)57-59-55(34-23-26-40-38-13-4-6-21-48(38)63-50(40)30-34)58-56(60-57)35-24-27-41-39-14-5-7-22-49(39)64-51(41)31-35;1-15(2)22(16(3)4)25(21(13)14)26(23(17(5)6)18(7)8)24(19(9)10)20(11)12/h1-31H;1-14H2/i1D,2D,3D,11D,12D;. The molecule has 0 aliphatic rings. The number of thiophene rings is 2. The molecule has 0 aliphatic carbocycles. The Morgan fingerprint density at radius 1 is 0.311 bits per heavy atom. The second-order valence-corrected chi connectivity index (χ2v) is 126. The highest BCUT2D eigenvalue weighted by Crippen LogP contribution is 3.35. The zero-order chi connectivity index (χ0) is 67.2. The van der Waals surface area contributed by atoms with Gasteiger partial charge in [0.15, 0.2) is 17.5 Å². The normalized spacial score (nSPS) is 13.7. The summed E-state index contributed by atoms with van der Waals surface area (Å²) in [4.78, 5) is 15.8. The highest BCUT2D eigenvalue weighted by molar-refractivity contribution is 9.41. The highest BCUT2D eigenvalue weighted by Gasteiger charge is 2.48. The van der Waals surface area contributed by atoms with Gasteiger partial charge < -0.3 is 8.83 Å². The first kappa shape index (κ1) is 65.2. The molecule has 9 aromatic carbocycles. The number of rotatable bonds is 16. The number of nitrogens with zero attached hydrogens (tertiary/aromatic N) is 3. The fraction of sp³-hybridized carbons (Fsp3) is 0. The van der Waals surface area contributed by atoms with Crippen molar-refractivity contribution < 1.29 is 15.7 Å². The second-order valence-electron chi connectivity index (χ2n) is 19.9. The summed E-state index contributed by atoms with van der Waals surface area (Å²) in [5.74, 6) is 1.65. The Balaban J connectivity index is 0.000000269. The summed E-state index contributed by atoms with van der Waals surface area (Å²) in [6, 6.07) is 51.6. The van der Waals surface area contributed by atoms with E-state index in [-0.39, 0.29) is 101 Å². The molecule has 5 heterocycles. The van der Waals surface area contributed by atoms with Crippen molar-refractivity contribution in [1.82, 2.24) is 15.0 Å². The fourth-order valence-corrected chi connectivity index (χ4v) is 348. The Morgan fingerprint density at radius 2 is 0.744 bits per heavy atom. The lowest BCUT2D eigenvalue weighted by molar-refractivity contribution is 0.669. The van der Waals surface area contributed by atoms with Gasteiger partial charge in [0.1, 0.15) is 22.3 Å². The van der Waals surface area contributed by atoms with E-state index in [0.29, 0.717) is 45.4 Å². The number of hydrogen-bond donors (Lipinski definition) is 0. The first-order valence-electron chi connectivity index (χ1n) is 29.1. The third kappa shape index (κ3) is 15.0. The number of aromatic nitrogens is 3. The molecule has 14 rings (SSSR count). The minimum atomic E-state index is -0.440. The quantitative estimate of drug-likeness (QED) is 0.0902. The fourth-order valence-electron chi connectivity index (χ4n) is 10.7. The topological polar surface area (TPSA) is 65.0 Å². The predicted molar refractivity (Wildman–Crippen MR) is 486 cm³/mol. The summed E-state index contributed by atoms with van der Waals surface area (Å²) < 4.78 is 60.2. The van der Waals surface area contributed by atoms with E-state index in [1.54, 1.807) is 28.7 Å². The van der Waals surface area contributed by atoms with Crippen LogP contribution in [0.1, 0.15) is 6.85 Å². The highest BCUT2D eigenvalue weighted by atomic mass is 33.5. The molecule has 0 aliphatic heterocycles. The van der Waals surface area contributed by atoms with Crippen LogP contribution in [0.5, 0.6) is 0 Å². The van der Waals surface area contributed by atoms with Crippen molar-refractivity contribution in [3.8, 4) is 56.4 Å². The molecule has 0 fully saturated rings. The average Bonchev–Trinajstić information content (AvgIpc) is 1.65. The minimum absolute atomic E-state index is 0.0193. The Hall–Kier alpha value is 3.21. The average molecular weight is 1690 g/mol. The van der Waals surface area contributed by atoms with E-state index in [9.17, 15) is 0 Å². The SMILES string of the molecule is PP(P)P(P(P)P)P(P(P)P)P(P(P(P)P)P(P)P)P(P(P)P)P(P)P.[2H]c1c([2H])c([2H])c(-c2cccc3c2oc2cccc(-c4ccc5oc6cccc(-c7nc(-c8ccc9c(c8)sc8ccccc89)nc(-c8ccc9c(c8)sc8ccccc89)n7)c6c5c4)c23)c([2H])c1[2H]. The Kier molecular flexibility index (Phi) is 23.1. The molecule has 90 heavy (non-hydrogen) atoms. The molecular formula is C57H59N3O2P26S2. The molecular weight excluding hydrogens is 1630 g/mol. The minimum Gasteiger partial charge on any atom is -0.456 e. The van der Waals surface area contributed by atoms with Crippen LogP contribution in [-0.2, 0) is 0 Å². The van der Waals surface area contributed by atoms with E-state index in [4.69, 9.17) is 30.6 Å². The van der Waals surface area contributed by atoms with Crippen molar-refractivity contribution in [3.05, 3.63) is 188 Å². The van der Waals surface area contributed by atoms with Crippen molar-refractivity contribution in [2.75, 3.05) is 0 Å². The van der Waals surface area contributed by atoms with Crippen molar-refractivity contribution in [2.45, 2.75) is 0 Å². The molecule has 33 heteroatoms. The maximum atomic E-state index is 8.74. The van der Waals surface area contributed by atoms with Gasteiger partial charge in [-0.1, -0.05) is 139 Å². The molecule has 0 saturated carbocycles. The van der Waals surface area contributed by atoms with Gasteiger partial charge in [0, 0.05) is 84.1 Å². The summed E-state index contributed by atoms with van der Waals surface area (Å²) in [7, 11) is 45.3. The van der Waals surface area contributed by atoms with Crippen LogP contribution in [0.4, 0.5) is 0 Å². The number of furan rings is 2. The van der Waals surface area contributed by atoms with Gasteiger partial charge in [-0.05, 0) is 149 Å². The van der Waals surface area contributed by atoms with Crippen LogP contribution < -0.4 is 0 Å². The largest absolute Gasteiger partial charge is 0.456 e. The van der Waals surface area contributed by atoms with E-state index in [2.05, 4.69) is 216 Å². The first-order valence-corrected chi connectivity index (χ1v) is 74.8. The molecule has 0 radical (unpaired) electrons. The van der Waals surface area contributed by atoms with Crippen molar-refractivity contribution >= 4 is 316 Å². The van der Waals surface area contributed by atoms with Crippen LogP contribution in [0, 0.1) is 0 Å². The summed E-state index contributed by atoms with van der Waals surface area (Å²) in [5.41, 5.74) is 7.35. The molecule has 5 nitrogen and oxygen atoms in total. The maximum absolute atomic E-state index is 8.74. The zero-order valence-electron chi connectivity index (χ0n) is 51.9. The van der Waals surface area contributed by atoms with Crippen molar-refractivity contribution in [2.24, 2.45) is 0 Å². The molecule has 0 saturated heterocycles. The van der Waals surface area contributed by atoms with Gasteiger partial charge in [0.25, 0.3) is 0 Å². The van der Waals surface area contributed by atoms with Crippen molar-refractivity contribution in [1.29, 1.82) is 0 Å². The first-order chi connectivity index (χ1) is 45.5. The molecule has 5 aromatic heterocycles. The van der Waals surface area contributed by atoms with Gasteiger partial charge in [0.2, 0.25) is 0 Å². The summed E-state index contributed by atoms with van der Waals surface area (Å²) >= 11 is 3.52. The van der Waals surface area contributed by atoms with Crippen LogP contribution in [0.2, 0.25) is 0 Å². The Morgan fingerprint density at radius 3 is 1.29 bits per heavy atom. The van der Waals surface area contributed by atoms with Gasteiger partial charge in [-0.3, -0.25) is 0 Å². The predicted octanol–water partition coefficient (Wildman–Crippen LogP) is 31.6. The smallest absolute Gasteiger partial charge is 0.164 e. The Labute approximate surface area is 585 Å². The third-order valence-electron chi connectivity index (χ3n) is 14.3. The van der Waals surface area contributed by atoms with E-state index >= 15 is 0 Å². The molecule has 0 bridgehead atoms. The zero-order valence-corrected chi connectivity index (χ0v) is 75.5. The molecule has 456 valence electrons.